The Balaban J connectivity index is 2.55. The van der Waals surface area contributed by atoms with Crippen LogP contribution in [-0.4, -0.2) is 22.0 Å². The molecule has 78 valence electrons. The molecular formula is C10H8BrNO3. The molecular weight excluding hydrogens is 262 g/mol. The van der Waals surface area contributed by atoms with Crippen molar-refractivity contribution < 1.29 is 14.7 Å². The summed E-state index contributed by atoms with van der Waals surface area (Å²) in [5.74, 6) is -0.447. The Morgan fingerprint density at radius 3 is 2.80 bits per heavy atom. The number of hydrogen-bond donors (Lipinski definition) is 1. The highest BCUT2D eigenvalue weighted by Crippen LogP contribution is 2.34. The van der Waals surface area contributed by atoms with Crippen molar-refractivity contribution in [1.29, 1.82) is 0 Å². The van der Waals surface area contributed by atoms with Crippen LogP contribution in [0, 0.1) is 0 Å². The Kier molecular flexibility index (Phi) is 2.26. The van der Waals surface area contributed by atoms with Crippen LogP contribution in [0.4, 0.5) is 4.79 Å². The van der Waals surface area contributed by atoms with Crippen LogP contribution in [0.25, 0.3) is 0 Å². The number of carbonyl (C=O) groups is 2. The largest absolute Gasteiger partial charge is 0.465 e. The summed E-state index contributed by atoms with van der Waals surface area (Å²) in [5.41, 5.74) is 1.21. The Morgan fingerprint density at radius 2 is 2.20 bits per heavy atom. The summed E-state index contributed by atoms with van der Waals surface area (Å²) >= 11 is 3.29. The van der Waals surface area contributed by atoms with Gasteiger partial charge < -0.3 is 5.11 Å². The van der Waals surface area contributed by atoms with Crippen LogP contribution in [0.3, 0.4) is 0 Å². The van der Waals surface area contributed by atoms with Gasteiger partial charge in [0, 0.05) is 10.0 Å². The van der Waals surface area contributed by atoms with E-state index in [2.05, 4.69) is 15.9 Å². The summed E-state index contributed by atoms with van der Waals surface area (Å²) in [6.07, 6.45) is -1.21. The van der Waals surface area contributed by atoms with E-state index in [9.17, 15) is 9.59 Å². The third kappa shape index (κ3) is 1.43. The SMILES string of the molecule is CC1c2cc(Br)ccc2C(=O)N1C(=O)O. The van der Waals surface area contributed by atoms with Crippen molar-refractivity contribution >= 4 is 27.9 Å². The summed E-state index contributed by atoms with van der Waals surface area (Å²) in [6.45, 7) is 1.70. The maximum Gasteiger partial charge on any atom is 0.414 e. The Hall–Kier alpha value is -1.36. The number of halogens is 1. The molecule has 1 unspecified atom stereocenters. The first-order valence-corrected chi connectivity index (χ1v) is 5.17. The number of fused-ring (bicyclic) bond motifs is 1. The second-order valence-electron chi connectivity index (χ2n) is 3.37. The third-order valence-electron chi connectivity index (χ3n) is 2.51. The van der Waals surface area contributed by atoms with Gasteiger partial charge in [0.05, 0.1) is 6.04 Å². The van der Waals surface area contributed by atoms with E-state index in [0.717, 1.165) is 14.9 Å². The zero-order valence-corrected chi connectivity index (χ0v) is 9.48. The predicted molar refractivity (Wildman–Crippen MR) is 56.8 cm³/mol. The van der Waals surface area contributed by atoms with E-state index in [1.165, 1.54) is 0 Å². The molecule has 1 N–H and O–H groups in total. The zero-order valence-electron chi connectivity index (χ0n) is 7.90. The third-order valence-corrected chi connectivity index (χ3v) is 3.00. The van der Waals surface area contributed by atoms with Crippen molar-refractivity contribution in [2.45, 2.75) is 13.0 Å². The quantitative estimate of drug-likeness (QED) is 0.788. The van der Waals surface area contributed by atoms with E-state index in [0.29, 0.717) is 5.56 Å². The predicted octanol–water partition coefficient (Wildman–Crippen LogP) is 2.64. The molecule has 1 aromatic rings. The molecule has 1 aromatic carbocycles. The molecule has 2 rings (SSSR count). The van der Waals surface area contributed by atoms with Crippen molar-refractivity contribution in [3.63, 3.8) is 0 Å². The van der Waals surface area contributed by atoms with Gasteiger partial charge in [-0.3, -0.25) is 4.79 Å². The van der Waals surface area contributed by atoms with E-state index in [4.69, 9.17) is 5.11 Å². The van der Waals surface area contributed by atoms with Gasteiger partial charge in [-0.2, -0.15) is 0 Å². The van der Waals surface area contributed by atoms with E-state index < -0.39 is 18.0 Å². The van der Waals surface area contributed by atoms with Gasteiger partial charge in [-0.25, -0.2) is 9.69 Å². The fourth-order valence-corrected chi connectivity index (χ4v) is 2.15. The van der Waals surface area contributed by atoms with Crippen LogP contribution in [0.5, 0.6) is 0 Å². The van der Waals surface area contributed by atoms with E-state index in [1.54, 1.807) is 25.1 Å². The van der Waals surface area contributed by atoms with Gasteiger partial charge >= 0.3 is 6.09 Å². The van der Waals surface area contributed by atoms with Crippen molar-refractivity contribution in [1.82, 2.24) is 4.90 Å². The average Bonchev–Trinajstić information content (AvgIpc) is 2.39. The second-order valence-corrected chi connectivity index (χ2v) is 4.28. The summed E-state index contributed by atoms with van der Waals surface area (Å²) in [6, 6.07) is 4.74. The Bertz CT molecular complexity index is 458. The topological polar surface area (TPSA) is 57.6 Å². The number of rotatable bonds is 0. The first kappa shape index (κ1) is 10.2. The molecule has 1 aliphatic rings. The van der Waals surface area contributed by atoms with E-state index >= 15 is 0 Å². The monoisotopic (exact) mass is 269 g/mol. The van der Waals surface area contributed by atoms with E-state index in [-0.39, 0.29) is 0 Å². The highest BCUT2D eigenvalue weighted by molar-refractivity contribution is 9.10. The molecule has 1 heterocycles. The van der Waals surface area contributed by atoms with Crippen LogP contribution in [0.15, 0.2) is 22.7 Å². The minimum atomic E-state index is -1.21. The molecule has 0 bridgehead atoms. The molecule has 5 heteroatoms. The average molecular weight is 270 g/mol. The number of benzene rings is 1. The maximum absolute atomic E-state index is 11.7. The molecule has 0 radical (unpaired) electrons. The zero-order chi connectivity index (χ0) is 11.2. The molecule has 15 heavy (non-hydrogen) atoms. The van der Waals surface area contributed by atoms with Gasteiger partial charge in [0.15, 0.2) is 0 Å². The molecule has 0 saturated heterocycles. The lowest BCUT2D eigenvalue weighted by Crippen LogP contribution is -2.31. The standard InChI is InChI=1S/C10H8BrNO3/c1-5-8-4-6(11)2-3-7(8)9(13)12(5)10(14)15/h2-5H,1H3,(H,14,15). The van der Waals surface area contributed by atoms with Gasteiger partial charge in [-0.05, 0) is 30.7 Å². The number of carbonyl (C=O) groups excluding carboxylic acids is 1. The lowest BCUT2D eigenvalue weighted by Gasteiger charge is -2.15. The second kappa shape index (κ2) is 3.34. The molecule has 1 aliphatic heterocycles. The van der Waals surface area contributed by atoms with E-state index in [1.807, 2.05) is 0 Å². The van der Waals surface area contributed by atoms with Crippen LogP contribution in [-0.2, 0) is 0 Å². The highest BCUT2D eigenvalue weighted by atomic mass is 79.9. The molecule has 0 spiro atoms. The van der Waals surface area contributed by atoms with Crippen molar-refractivity contribution in [3.05, 3.63) is 33.8 Å². The normalized spacial score (nSPS) is 19.2. The Labute approximate surface area is 94.6 Å². The number of imide groups is 1. The van der Waals surface area contributed by atoms with Crippen molar-refractivity contribution in [2.75, 3.05) is 0 Å². The lowest BCUT2D eigenvalue weighted by molar-refractivity contribution is 0.0723. The van der Waals surface area contributed by atoms with Gasteiger partial charge in [0.1, 0.15) is 0 Å². The van der Waals surface area contributed by atoms with Gasteiger partial charge in [-0.1, -0.05) is 15.9 Å². The summed E-state index contributed by atoms with van der Waals surface area (Å²) in [5, 5.41) is 8.89. The van der Waals surface area contributed by atoms with Crippen LogP contribution in [0.2, 0.25) is 0 Å². The van der Waals surface area contributed by atoms with Crippen molar-refractivity contribution in [2.24, 2.45) is 0 Å². The fraction of sp³-hybridized carbons (Fsp3) is 0.200. The Morgan fingerprint density at radius 1 is 1.53 bits per heavy atom. The van der Waals surface area contributed by atoms with Crippen LogP contribution >= 0.6 is 15.9 Å². The first-order chi connectivity index (χ1) is 7.02. The van der Waals surface area contributed by atoms with Gasteiger partial charge in [0.25, 0.3) is 5.91 Å². The number of hydrogen-bond acceptors (Lipinski definition) is 2. The number of nitrogens with zero attached hydrogens (tertiary/aromatic N) is 1. The molecule has 2 amide bonds. The smallest absolute Gasteiger partial charge is 0.414 e. The minimum absolute atomic E-state index is 0.414. The fourth-order valence-electron chi connectivity index (χ4n) is 1.77. The first-order valence-electron chi connectivity index (χ1n) is 4.38. The molecule has 0 fully saturated rings. The summed E-state index contributed by atoms with van der Waals surface area (Å²) in [7, 11) is 0. The molecule has 0 saturated carbocycles. The molecule has 0 aliphatic carbocycles. The number of amides is 2. The maximum atomic E-state index is 11.7. The molecule has 0 aromatic heterocycles. The summed E-state index contributed by atoms with van der Waals surface area (Å²) < 4.78 is 0.841. The van der Waals surface area contributed by atoms with Gasteiger partial charge in [-0.15, -0.1) is 0 Å². The minimum Gasteiger partial charge on any atom is -0.465 e. The van der Waals surface area contributed by atoms with Gasteiger partial charge in [0.2, 0.25) is 0 Å². The highest BCUT2D eigenvalue weighted by Gasteiger charge is 2.37. The number of carboxylic acid groups (broad SMARTS) is 1. The lowest BCUT2D eigenvalue weighted by atomic mass is 10.1. The van der Waals surface area contributed by atoms with Crippen LogP contribution < -0.4 is 0 Å². The molecule has 1 atom stereocenters. The van der Waals surface area contributed by atoms with Crippen molar-refractivity contribution in [3.8, 4) is 0 Å². The summed E-state index contributed by atoms with van der Waals surface area (Å²) in [4.78, 5) is 23.4. The molecule has 4 nitrogen and oxygen atoms in total. The van der Waals surface area contributed by atoms with Crippen LogP contribution in [0.1, 0.15) is 28.9 Å².